The van der Waals surface area contributed by atoms with E-state index in [1.54, 1.807) is 55.5 Å². The number of amides is 1. The predicted octanol–water partition coefficient (Wildman–Crippen LogP) is 4.38. The first-order valence-electron chi connectivity index (χ1n) is 10.00. The van der Waals surface area contributed by atoms with Crippen LogP contribution in [0, 0.1) is 13.8 Å². The second-order valence-electron chi connectivity index (χ2n) is 7.29. The van der Waals surface area contributed by atoms with Gasteiger partial charge in [0.05, 0.1) is 26.2 Å². The molecular formula is C24H26N2O6S. The van der Waals surface area contributed by atoms with Crippen molar-refractivity contribution in [2.45, 2.75) is 18.7 Å². The second-order valence-corrected chi connectivity index (χ2v) is 8.94. The maximum atomic E-state index is 13.0. The van der Waals surface area contributed by atoms with Gasteiger partial charge in [0, 0.05) is 23.0 Å². The minimum atomic E-state index is -3.93. The highest BCUT2D eigenvalue weighted by Crippen LogP contribution is 2.33. The molecule has 3 aromatic carbocycles. The van der Waals surface area contributed by atoms with Crippen LogP contribution in [-0.2, 0) is 10.0 Å². The van der Waals surface area contributed by atoms with Gasteiger partial charge < -0.3 is 19.5 Å². The second kappa shape index (κ2) is 9.83. The maximum Gasteiger partial charge on any atom is 0.262 e. The van der Waals surface area contributed by atoms with Gasteiger partial charge in [-0.15, -0.1) is 0 Å². The minimum absolute atomic E-state index is 0.00926. The molecule has 1 amide bonds. The third-order valence-electron chi connectivity index (χ3n) is 5.06. The van der Waals surface area contributed by atoms with E-state index < -0.39 is 15.9 Å². The average Bonchev–Trinajstić information content (AvgIpc) is 2.80. The summed E-state index contributed by atoms with van der Waals surface area (Å²) in [6, 6.07) is 14.4. The van der Waals surface area contributed by atoms with Crippen LogP contribution in [0.2, 0.25) is 0 Å². The molecule has 0 aliphatic carbocycles. The first-order chi connectivity index (χ1) is 15.7. The molecule has 0 unspecified atom stereocenters. The summed E-state index contributed by atoms with van der Waals surface area (Å²) in [5.74, 6) is 1.17. The molecule has 0 bridgehead atoms. The van der Waals surface area contributed by atoms with Gasteiger partial charge in [-0.2, -0.15) is 0 Å². The molecule has 3 rings (SSSR count). The zero-order valence-corrected chi connectivity index (χ0v) is 19.9. The number of carbonyl (C=O) groups is 1. The third-order valence-corrected chi connectivity index (χ3v) is 6.58. The van der Waals surface area contributed by atoms with Crippen molar-refractivity contribution < 1.29 is 27.4 Å². The fourth-order valence-electron chi connectivity index (χ4n) is 3.21. The lowest BCUT2D eigenvalue weighted by Gasteiger charge is -2.15. The number of methoxy groups -OCH3 is 3. The van der Waals surface area contributed by atoms with E-state index >= 15 is 0 Å². The van der Waals surface area contributed by atoms with Crippen molar-refractivity contribution in [3.05, 3.63) is 71.3 Å². The minimum Gasteiger partial charge on any atom is -0.497 e. The smallest absolute Gasteiger partial charge is 0.262 e. The van der Waals surface area contributed by atoms with Gasteiger partial charge in [-0.3, -0.25) is 9.52 Å². The Kier molecular flexibility index (Phi) is 7.13. The van der Waals surface area contributed by atoms with Crippen LogP contribution in [-0.4, -0.2) is 35.7 Å². The molecule has 3 aromatic rings. The summed E-state index contributed by atoms with van der Waals surface area (Å²) in [6.45, 7) is 3.49. The topological polar surface area (TPSA) is 103 Å². The largest absolute Gasteiger partial charge is 0.497 e. The molecule has 0 spiro atoms. The summed E-state index contributed by atoms with van der Waals surface area (Å²) in [6.07, 6.45) is 0. The number of sulfonamides is 1. The summed E-state index contributed by atoms with van der Waals surface area (Å²) in [5.41, 5.74) is 2.38. The predicted molar refractivity (Wildman–Crippen MR) is 127 cm³/mol. The van der Waals surface area contributed by atoms with Crippen molar-refractivity contribution in [1.29, 1.82) is 0 Å². The normalized spacial score (nSPS) is 10.9. The summed E-state index contributed by atoms with van der Waals surface area (Å²) in [7, 11) is 0.640. The monoisotopic (exact) mass is 470 g/mol. The molecule has 0 heterocycles. The zero-order chi connectivity index (χ0) is 24.2. The fourth-order valence-corrected chi connectivity index (χ4v) is 4.54. The number of anilines is 2. The highest BCUT2D eigenvalue weighted by molar-refractivity contribution is 7.92. The van der Waals surface area contributed by atoms with Crippen LogP contribution in [0.4, 0.5) is 11.4 Å². The van der Waals surface area contributed by atoms with Crippen molar-refractivity contribution in [3.8, 4) is 17.2 Å². The van der Waals surface area contributed by atoms with E-state index in [1.165, 1.54) is 27.4 Å². The molecule has 2 N–H and O–H groups in total. The molecule has 0 aliphatic heterocycles. The van der Waals surface area contributed by atoms with Crippen LogP contribution in [0.25, 0.3) is 0 Å². The van der Waals surface area contributed by atoms with Crippen molar-refractivity contribution in [1.82, 2.24) is 0 Å². The van der Waals surface area contributed by atoms with Crippen LogP contribution in [0.1, 0.15) is 21.5 Å². The summed E-state index contributed by atoms with van der Waals surface area (Å²) in [5, 5.41) is 2.81. The molecule has 0 saturated carbocycles. The van der Waals surface area contributed by atoms with Gasteiger partial charge in [-0.1, -0.05) is 6.07 Å². The van der Waals surface area contributed by atoms with E-state index in [4.69, 9.17) is 14.2 Å². The first-order valence-corrected chi connectivity index (χ1v) is 11.5. The number of nitrogens with one attached hydrogen (secondary N) is 2. The number of aryl methyl sites for hydroxylation is 2. The van der Waals surface area contributed by atoms with Crippen LogP contribution >= 0.6 is 0 Å². The molecule has 0 radical (unpaired) electrons. The van der Waals surface area contributed by atoms with Crippen molar-refractivity contribution in [2.24, 2.45) is 0 Å². The Morgan fingerprint density at radius 1 is 0.788 bits per heavy atom. The van der Waals surface area contributed by atoms with Crippen molar-refractivity contribution in [3.63, 3.8) is 0 Å². The van der Waals surface area contributed by atoms with Crippen LogP contribution < -0.4 is 24.2 Å². The number of ether oxygens (including phenoxy) is 3. The Labute approximate surface area is 193 Å². The lowest BCUT2D eigenvalue weighted by molar-refractivity contribution is 0.102. The van der Waals surface area contributed by atoms with Gasteiger partial charge in [0.25, 0.3) is 15.9 Å². The molecule has 8 nitrogen and oxygen atoms in total. The lowest BCUT2D eigenvalue weighted by Crippen LogP contribution is -2.17. The standard InChI is InChI=1S/C24H26N2O6S/c1-15-6-7-17(24(27)25-20-14-22(32-5)21(31-4)12-16(20)2)13-23(15)33(28,29)26-18-8-10-19(30-3)11-9-18/h6-14,26H,1-5H3,(H,25,27). The molecule has 33 heavy (non-hydrogen) atoms. The van der Waals surface area contributed by atoms with E-state index in [-0.39, 0.29) is 10.5 Å². The summed E-state index contributed by atoms with van der Waals surface area (Å²) in [4.78, 5) is 12.9. The number of hydrogen-bond donors (Lipinski definition) is 2. The lowest BCUT2D eigenvalue weighted by atomic mass is 10.1. The number of rotatable bonds is 8. The highest BCUT2D eigenvalue weighted by atomic mass is 32.2. The molecule has 9 heteroatoms. The van der Waals surface area contributed by atoms with Gasteiger partial charge in [-0.05, 0) is 67.4 Å². The third kappa shape index (κ3) is 5.38. The molecule has 0 aromatic heterocycles. The number of benzene rings is 3. The van der Waals surface area contributed by atoms with Crippen LogP contribution in [0.5, 0.6) is 17.2 Å². The van der Waals surface area contributed by atoms with Gasteiger partial charge in [-0.25, -0.2) is 8.42 Å². The Morgan fingerprint density at radius 2 is 1.42 bits per heavy atom. The van der Waals surface area contributed by atoms with E-state index in [9.17, 15) is 13.2 Å². The molecule has 0 atom stereocenters. The first kappa shape index (κ1) is 23.9. The Hall–Kier alpha value is -3.72. The summed E-state index contributed by atoms with van der Waals surface area (Å²) >= 11 is 0. The van der Waals surface area contributed by atoms with Gasteiger partial charge in [0.15, 0.2) is 11.5 Å². The van der Waals surface area contributed by atoms with E-state index in [2.05, 4.69) is 10.0 Å². The molecule has 174 valence electrons. The van der Waals surface area contributed by atoms with Gasteiger partial charge in [0.2, 0.25) is 0 Å². The molecular weight excluding hydrogens is 444 g/mol. The van der Waals surface area contributed by atoms with E-state index in [1.807, 2.05) is 6.92 Å². The van der Waals surface area contributed by atoms with Crippen molar-refractivity contribution >= 4 is 27.3 Å². The Morgan fingerprint density at radius 3 is 2.03 bits per heavy atom. The highest BCUT2D eigenvalue weighted by Gasteiger charge is 2.20. The van der Waals surface area contributed by atoms with Gasteiger partial charge >= 0.3 is 0 Å². The zero-order valence-electron chi connectivity index (χ0n) is 19.1. The quantitative estimate of drug-likeness (QED) is 0.506. The molecule has 0 aliphatic rings. The maximum absolute atomic E-state index is 13.0. The van der Waals surface area contributed by atoms with E-state index in [0.29, 0.717) is 34.2 Å². The Bertz CT molecular complexity index is 1270. The molecule has 0 fully saturated rings. The Balaban J connectivity index is 1.88. The fraction of sp³-hybridized carbons (Fsp3) is 0.208. The van der Waals surface area contributed by atoms with Gasteiger partial charge in [0.1, 0.15) is 5.75 Å². The van der Waals surface area contributed by atoms with Crippen molar-refractivity contribution in [2.75, 3.05) is 31.4 Å². The average molecular weight is 471 g/mol. The molecule has 0 saturated heterocycles. The summed E-state index contributed by atoms with van der Waals surface area (Å²) < 4.78 is 44.2. The number of carbonyl (C=O) groups excluding carboxylic acids is 1. The van der Waals surface area contributed by atoms with E-state index in [0.717, 1.165) is 5.56 Å². The number of hydrogen-bond acceptors (Lipinski definition) is 6. The van der Waals surface area contributed by atoms with Crippen LogP contribution in [0.15, 0.2) is 59.5 Å². The SMILES string of the molecule is COc1ccc(NS(=O)(=O)c2cc(C(=O)Nc3cc(OC)c(OC)cc3C)ccc2C)cc1. The van der Waals surface area contributed by atoms with Crippen LogP contribution in [0.3, 0.4) is 0 Å².